The number of carbonyl (C=O) groups excluding carboxylic acids is 1. The maximum absolute atomic E-state index is 12.1. The minimum absolute atomic E-state index is 0.0887. The van der Waals surface area contributed by atoms with Gasteiger partial charge in [-0.15, -0.1) is 0 Å². The normalized spacial score (nSPS) is 14.2. The molecule has 1 saturated heterocycles. The number of aliphatic hydroxyl groups excluding tert-OH is 1. The molecule has 31 heavy (non-hydrogen) atoms. The van der Waals surface area contributed by atoms with E-state index in [2.05, 4.69) is 15.3 Å². The van der Waals surface area contributed by atoms with Gasteiger partial charge in [0.2, 0.25) is 5.95 Å². The number of nitrogens with zero attached hydrogens (tertiary/aromatic N) is 4. The minimum atomic E-state index is -0.216. The Kier molecular flexibility index (Phi) is 6.83. The van der Waals surface area contributed by atoms with E-state index in [4.69, 9.17) is 14.8 Å². The lowest BCUT2D eigenvalue weighted by Gasteiger charge is -2.37. The summed E-state index contributed by atoms with van der Waals surface area (Å²) >= 11 is 0. The largest absolute Gasteiger partial charge is 0.395 e. The molecule has 0 saturated carbocycles. The first-order chi connectivity index (χ1) is 15.3. The van der Waals surface area contributed by atoms with Gasteiger partial charge in [0.1, 0.15) is 0 Å². The van der Waals surface area contributed by atoms with Crippen molar-refractivity contribution in [3.05, 3.63) is 72.4 Å². The molecule has 8 nitrogen and oxygen atoms in total. The first-order valence-corrected chi connectivity index (χ1v) is 10.3. The number of para-hydroxylation sites is 1. The van der Waals surface area contributed by atoms with Crippen molar-refractivity contribution in [3.8, 4) is 11.3 Å². The first-order valence-electron chi connectivity index (χ1n) is 10.3. The second-order valence-corrected chi connectivity index (χ2v) is 7.01. The molecule has 2 aromatic carbocycles. The number of aromatic nitrogens is 2. The van der Waals surface area contributed by atoms with E-state index >= 15 is 0 Å². The van der Waals surface area contributed by atoms with Crippen molar-refractivity contribution in [2.75, 3.05) is 44.5 Å². The molecular formula is C23H25N5O3. The number of hydrogen-bond acceptors (Lipinski definition) is 7. The van der Waals surface area contributed by atoms with Gasteiger partial charge in [-0.25, -0.2) is 20.0 Å². The van der Waals surface area contributed by atoms with Crippen LogP contribution in [-0.4, -0.2) is 65.4 Å². The van der Waals surface area contributed by atoms with Gasteiger partial charge in [0.25, 0.3) is 5.91 Å². The zero-order valence-electron chi connectivity index (χ0n) is 17.1. The maximum atomic E-state index is 12.1. The summed E-state index contributed by atoms with van der Waals surface area (Å²) in [5.74, 6) is 0.363. The summed E-state index contributed by atoms with van der Waals surface area (Å²) in [7, 11) is 0. The van der Waals surface area contributed by atoms with Gasteiger partial charge in [0.15, 0.2) is 0 Å². The van der Waals surface area contributed by atoms with Gasteiger partial charge >= 0.3 is 0 Å². The molecule has 1 aliphatic rings. The minimum Gasteiger partial charge on any atom is -0.395 e. The Morgan fingerprint density at radius 1 is 1.06 bits per heavy atom. The summed E-state index contributed by atoms with van der Waals surface area (Å²) in [5, 5.41) is 15.7. The third kappa shape index (κ3) is 5.05. The van der Waals surface area contributed by atoms with E-state index < -0.39 is 0 Å². The molecule has 1 aliphatic heterocycles. The first kappa shape index (κ1) is 20.9. The lowest BCUT2D eigenvalue weighted by molar-refractivity contribution is 0.0371. The Morgan fingerprint density at radius 3 is 2.52 bits per heavy atom. The van der Waals surface area contributed by atoms with Crippen LogP contribution in [0.2, 0.25) is 0 Å². The number of hydrogen-bond donors (Lipinski definition) is 2. The van der Waals surface area contributed by atoms with Crippen molar-refractivity contribution in [2.24, 2.45) is 0 Å². The topological polar surface area (TPSA) is 90.8 Å². The fourth-order valence-corrected chi connectivity index (χ4v) is 3.40. The monoisotopic (exact) mass is 419 g/mol. The summed E-state index contributed by atoms with van der Waals surface area (Å²) in [6, 6.07) is 19.1. The molecule has 0 bridgehead atoms. The zero-order valence-corrected chi connectivity index (χ0v) is 17.1. The molecule has 1 aromatic heterocycles. The van der Waals surface area contributed by atoms with Gasteiger partial charge in [0, 0.05) is 37.0 Å². The van der Waals surface area contributed by atoms with Crippen molar-refractivity contribution >= 4 is 17.5 Å². The standard InChI is InChI=1S/C23H25N5O3/c29-15-12-24-22(30)19-8-6-18(7-9-19)21-10-11-25-23(26-21)28(20-4-2-1-3-5-20)27-13-16-31-17-14-27/h1-11,29H,12-17H2,(H,24,30). The third-order valence-corrected chi connectivity index (χ3v) is 4.94. The van der Waals surface area contributed by atoms with E-state index in [-0.39, 0.29) is 19.1 Å². The van der Waals surface area contributed by atoms with Crippen molar-refractivity contribution in [1.29, 1.82) is 0 Å². The van der Waals surface area contributed by atoms with Crippen LogP contribution in [0.25, 0.3) is 11.3 Å². The van der Waals surface area contributed by atoms with Crippen LogP contribution in [0.4, 0.5) is 11.6 Å². The van der Waals surface area contributed by atoms with E-state index in [0.717, 1.165) is 30.0 Å². The summed E-state index contributed by atoms with van der Waals surface area (Å²) in [4.78, 5) is 21.4. The molecule has 2 heterocycles. The molecule has 0 atom stereocenters. The zero-order chi connectivity index (χ0) is 21.5. The molecule has 1 amide bonds. The van der Waals surface area contributed by atoms with Crippen molar-refractivity contribution < 1.29 is 14.6 Å². The smallest absolute Gasteiger partial charge is 0.251 e. The number of benzene rings is 2. The average molecular weight is 419 g/mol. The number of rotatable bonds is 7. The van der Waals surface area contributed by atoms with Crippen LogP contribution in [0.5, 0.6) is 0 Å². The fraction of sp³-hybridized carbons (Fsp3) is 0.261. The van der Waals surface area contributed by atoms with Gasteiger partial charge in [-0.1, -0.05) is 30.3 Å². The fourth-order valence-electron chi connectivity index (χ4n) is 3.40. The van der Waals surface area contributed by atoms with Gasteiger partial charge in [-0.3, -0.25) is 4.79 Å². The van der Waals surface area contributed by atoms with Crippen LogP contribution in [0.15, 0.2) is 66.9 Å². The van der Waals surface area contributed by atoms with Crippen LogP contribution in [0, 0.1) is 0 Å². The Bertz CT molecular complexity index is 992. The second kappa shape index (κ2) is 10.1. The molecule has 3 aromatic rings. The Morgan fingerprint density at radius 2 is 1.81 bits per heavy atom. The molecule has 160 valence electrons. The van der Waals surface area contributed by atoms with Crippen LogP contribution >= 0.6 is 0 Å². The molecule has 8 heteroatoms. The number of hydrazine groups is 1. The van der Waals surface area contributed by atoms with E-state index in [1.54, 1.807) is 18.3 Å². The summed E-state index contributed by atoms with van der Waals surface area (Å²) < 4.78 is 5.51. The highest BCUT2D eigenvalue weighted by Gasteiger charge is 2.23. The van der Waals surface area contributed by atoms with Gasteiger partial charge in [0.05, 0.1) is 31.2 Å². The van der Waals surface area contributed by atoms with Crippen LogP contribution in [0.3, 0.4) is 0 Å². The second-order valence-electron chi connectivity index (χ2n) is 7.01. The Labute approximate surface area is 181 Å². The number of morpholine rings is 1. The molecule has 1 fully saturated rings. The quantitative estimate of drug-likeness (QED) is 0.607. The summed E-state index contributed by atoms with van der Waals surface area (Å²) in [6.45, 7) is 2.95. The Balaban J connectivity index is 1.62. The van der Waals surface area contributed by atoms with Crippen molar-refractivity contribution in [2.45, 2.75) is 0 Å². The van der Waals surface area contributed by atoms with E-state index in [1.165, 1.54) is 0 Å². The lowest BCUT2D eigenvalue weighted by atomic mass is 10.1. The maximum Gasteiger partial charge on any atom is 0.251 e. The van der Waals surface area contributed by atoms with Crippen LogP contribution < -0.4 is 10.3 Å². The molecule has 0 radical (unpaired) electrons. The van der Waals surface area contributed by atoms with Crippen LogP contribution in [0.1, 0.15) is 10.4 Å². The number of carbonyl (C=O) groups is 1. The number of amides is 1. The van der Waals surface area contributed by atoms with Crippen molar-refractivity contribution in [1.82, 2.24) is 20.3 Å². The highest BCUT2D eigenvalue weighted by Crippen LogP contribution is 2.27. The van der Waals surface area contributed by atoms with Crippen molar-refractivity contribution in [3.63, 3.8) is 0 Å². The van der Waals surface area contributed by atoms with E-state index in [0.29, 0.717) is 24.7 Å². The number of anilines is 2. The summed E-state index contributed by atoms with van der Waals surface area (Å²) in [6.07, 6.45) is 1.75. The molecule has 0 spiro atoms. The number of aliphatic hydroxyl groups is 1. The molecule has 4 rings (SSSR count). The molecule has 2 N–H and O–H groups in total. The third-order valence-electron chi connectivity index (χ3n) is 4.94. The molecule has 0 aliphatic carbocycles. The molecular weight excluding hydrogens is 394 g/mol. The lowest BCUT2D eigenvalue weighted by Crippen LogP contribution is -2.47. The predicted octanol–water partition coefficient (Wildman–Crippen LogP) is 2.25. The van der Waals surface area contributed by atoms with Gasteiger partial charge < -0.3 is 15.2 Å². The highest BCUT2D eigenvalue weighted by atomic mass is 16.5. The van der Waals surface area contributed by atoms with Crippen LogP contribution in [-0.2, 0) is 4.74 Å². The summed E-state index contributed by atoms with van der Waals surface area (Å²) in [5.41, 5.74) is 3.17. The molecule has 0 unspecified atom stereocenters. The van der Waals surface area contributed by atoms with E-state index in [9.17, 15) is 4.79 Å². The van der Waals surface area contributed by atoms with Gasteiger partial charge in [-0.2, -0.15) is 0 Å². The SMILES string of the molecule is O=C(NCCO)c1ccc(-c2ccnc(N(c3ccccc3)N3CCOCC3)n2)cc1. The number of nitrogens with one attached hydrogen (secondary N) is 1. The average Bonchev–Trinajstić information content (AvgIpc) is 2.84. The Hall–Kier alpha value is -3.33. The highest BCUT2D eigenvalue weighted by molar-refractivity contribution is 5.94. The number of ether oxygens (including phenoxy) is 1. The van der Waals surface area contributed by atoms with E-state index in [1.807, 2.05) is 53.5 Å². The van der Waals surface area contributed by atoms with Gasteiger partial charge in [-0.05, 0) is 30.3 Å². The predicted molar refractivity (Wildman–Crippen MR) is 118 cm³/mol.